The zero-order valence-corrected chi connectivity index (χ0v) is 20.7. The highest BCUT2D eigenvalue weighted by molar-refractivity contribution is 7.89. The first-order valence-corrected chi connectivity index (χ1v) is 13.4. The van der Waals surface area contributed by atoms with Crippen molar-refractivity contribution in [1.82, 2.24) is 14.2 Å². The second-order valence-corrected chi connectivity index (χ2v) is 11.5. The van der Waals surface area contributed by atoms with Crippen molar-refractivity contribution in [3.05, 3.63) is 42.0 Å². The molecule has 5 rings (SSSR count). The minimum Gasteiger partial charge on any atom is -0.454 e. The van der Waals surface area contributed by atoms with E-state index in [2.05, 4.69) is 0 Å². The van der Waals surface area contributed by atoms with Gasteiger partial charge in [0, 0.05) is 43.9 Å². The van der Waals surface area contributed by atoms with Crippen LogP contribution in [0.1, 0.15) is 23.2 Å². The quantitative estimate of drug-likeness (QED) is 0.490. The lowest BCUT2D eigenvalue weighted by Gasteiger charge is -2.22. The zero-order chi connectivity index (χ0) is 23.9. The van der Waals surface area contributed by atoms with Gasteiger partial charge in [-0.05, 0) is 51.2 Å². The number of aromatic nitrogens is 1. The number of carbonyl (C=O) groups excluding carboxylic acids is 1. The van der Waals surface area contributed by atoms with Crippen LogP contribution in [0.3, 0.4) is 0 Å². The average Bonchev–Trinajstić information content (AvgIpc) is 3.57. The number of hydrogen-bond donors (Lipinski definition) is 0. The van der Waals surface area contributed by atoms with Gasteiger partial charge in [-0.15, -0.1) is 0 Å². The number of ether oxygens (including phenoxy) is 2. The third kappa shape index (κ3) is 4.36. The molecule has 0 radical (unpaired) electrons. The monoisotopic (exact) mass is 502 g/mol. The Bertz CT molecular complexity index is 1270. The van der Waals surface area contributed by atoms with Crippen LogP contribution in [-0.4, -0.2) is 75.6 Å². The van der Waals surface area contributed by atoms with Crippen LogP contribution < -0.4 is 14.4 Å². The molecule has 0 saturated carbocycles. The Hall–Kier alpha value is -2.73. The summed E-state index contributed by atoms with van der Waals surface area (Å²) < 4.78 is 39.0. The van der Waals surface area contributed by atoms with Crippen molar-refractivity contribution in [3.63, 3.8) is 0 Å². The zero-order valence-electron chi connectivity index (χ0n) is 19.1. The van der Waals surface area contributed by atoms with Crippen molar-refractivity contribution in [3.8, 4) is 11.5 Å². The highest BCUT2D eigenvalue weighted by atomic mass is 32.2. The number of fused-ring (bicyclic) bond motifs is 2. The maximum Gasteiger partial charge on any atom is 0.260 e. The maximum atomic E-state index is 13.5. The predicted octanol–water partition coefficient (Wildman–Crippen LogP) is 3.02. The van der Waals surface area contributed by atoms with Gasteiger partial charge < -0.3 is 14.4 Å². The van der Waals surface area contributed by atoms with E-state index in [1.807, 2.05) is 31.1 Å². The number of hydrogen-bond acceptors (Lipinski definition) is 8. The van der Waals surface area contributed by atoms with Gasteiger partial charge in [-0.1, -0.05) is 11.3 Å². The molecule has 1 saturated heterocycles. The van der Waals surface area contributed by atoms with Crippen LogP contribution in [0.4, 0.5) is 5.13 Å². The Morgan fingerprint density at radius 2 is 1.74 bits per heavy atom. The number of nitrogens with zero attached hydrogens (tertiary/aromatic N) is 4. The van der Waals surface area contributed by atoms with Crippen molar-refractivity contribution in [1.29, 1.82) is 0 Å². The summed E-state index contributed by atoms with van der Waals surface area (Å²) in [5.41, 5.74) is 1.14. The number of likely N-dealkylation sites (N-methyl/N-ethyl adjacent to an activating group) is 1. The third-order valence-corrected chi connectivity index (χ3v) is 8.88. The van der Waals surface area contributed by atoms with Crippen molar-refractivity contribution in [2.24, 2.45) is 0 Å². The molecule has 180 valence electrons. The van der Waals surface area contributed by atoms with Crippen molar-refractivity contribution in [2.45, 2.75) is 17.7 Å². The molecule has 2 aliphatic heterocycles. The van der Waals surface area contributed by atoms with Crippen LogP contribution in [0.2, 0.25) is 0 Å². The van der Waals surface area contributed by atoms with Crippen LogP contribution in [0.25, 0.3) is 10.2 Å². The van der Waals surface area contributed by atoms with E-state index in [9.17, 15) is 13.2 Å². The lowest BCUT2D eigenvalue weighted by atomic mass is 10.2. The van der Waals surface area contributed by atoms with E-state index >= 15 is 0 Å². The lowest BCUT2D eigenvalue weighted by molar-refractivity contribution is 0.0985. The summed E-state index contributed by atoms with van der Waals surface area (Å²) in [6, 6.07) is 9.90. The van der Waals surface area contributed by atoms with E-state index in [0.717, 1.165) is 23.1 Å². The number of rotatable bonds is 7. The van der Waals surface area contributed by atoms with E-state index in [-0.39, 0.29) is 17.6 Å². The molecule has 3 heterocycles. The summed E-state index contributed by atoms with van der Waals surface area (Å²) in [4.78, 5) is 22.1. The first kappa shape index (κ1) is 23.0. The SMILES string of the molecule is CN(C)CCN(C(=O)c1ccc(S(=O)(=O)N2CCCC2)cc1)c1nc2cc3c(cc2s1)OCO3. The summed E-state index contributed by atoms with van der Waals surface area (Å²) in [5.74, 6) is 1.08. The van der Waals surface area contributed by atoms with Crippen molar-refractivity contribution < 1.29 is 22.7 Å². The van der Waals surface area contributed by atoms with Crippen LogP contribution in [0.15, 0.2) is 41.3 Å². The molecule has 0 spiro atoms. The van der Waals surface area contributed by atoms with Crippen LogP contribution in [0, 0.1) is 0 Å². The molecule has 2 aromatic carbocycles. The van der Waals surface area contributed by atoms with E-state index in [1.165, 1.54) is 27.8 Å². The molecule has 2 aliphatic rings. The van der Waals surface area contributed by atoms with E-state index in [1.54, 1.807) is 17.0 Å². The van der Waals surface area contributed by atoms with Gasteiger partial charge in [-0.3, -0.25) is 9.69 Å². The van der Waals surface area contributed by atoms with Gasteiger partial charge >= 0.3 is 0 Å². The third-order valence-electron chi connectivity index (χ3n) is 5.92. The number of thiazole rings is 1. The summed E-state index contributed by atoms with van der Waals surface area (Å²) in [6.07, 6.45) is 1.75. The summed E-state index contributed by atoms with van der Waals surface area (Å²) in [6.45, 7) is 2.35. The topological polar surface area (TPSA) is 92.3 Å². The fourth-order valence-electron chi connectivity index (χ4n) is 4.01. The largest absolute Gasteiger partial charge is 0.454 e. The lowest BCUT2D eigenvalue weighted by Crippen LogP contribution is -2.36. The molecule has 0 atom stereocenters. The molecule has 0 N–H and O–H groups in total. The Labute approximate surface area is 202 Å². The average molecular weight is 503 g/mol. The fraction of sp³-hybridized carbons (Fsp3) is 0.391. The summed E-state index contributed by atoms with van der Waals surface area (Å²) in [5, 5.41) is 0.569. The van der Waals surface area contributed by atoms with Gasteiger partial charge in [0.1, 0.15) is 0 Å². The van der Waals surface area contributed by atoms with Crippen LogP contribution >= 0.6 is 11.3 Å². The highest BCUT2D eigenvalue weighted by Crippen LogP contribution is 2.40. The molecule has 34 heavy (non-hydrogen) atoms. The molecule has 0 aliphatic carbocycles. The summed E-state index contributed by atoms with van der Waals surface area (Å²) in [7, 11) is 0.356. The highest BCUT2D eigenvalue weighted by Gasteiger charge is 2.28. The minimum atomic E-state index is -3.53. The van der Waals surface area contributed by atoms with Crippen LogP contribution in [0.5, 0.6) is 11.5 Å². The van der Waals surface area contributed by atoms with Gasteiger partial charge in [0.15, 0.2) is 16.6 Å². The van der Waals surface area contributed by atoms with Crippen molar-refractivity contribution in [2.75, 3.05) is 52.0 Å². The number of carbonyl (C=O) groups is 1. The van der Waals surface area contributed by atoms with Gasteiger partial charge in [-0.25, -0.2) is 13.4 Å². The number of sulfonamides is 1. The molecule has 0 unspecified atom stereocenters. The second-order valence-electron chi connectivity index (χ2n) is 8.57. The molecule has 3 aromatic rings. The Morgan fingerprint density at radius 3 is 2.41 bits per heavy atom. The Morgan fingerprint density at radius 1 is 1.06 bits per heavy atom. The predicted molar refractivity (Wildman–Crippen MR) is 130 cm³/mol. The van der Waals surface area contributed by atoms with Gasteiger partial charge in [0.2, 0.25) is 16.8 Å². The normalized spacial score (nSPS) is 16.0. The maximum absolute atomic E-state index is 13.5. The first-order chi connectivity index (χ1) is 16.3. The van der Waals surface area contributed by atoms with E-state index < -0.39 is 10.0 Å². The summed E-state index contributed by atoms with van der Waals surface area (Å²) >= 11 is 1.41. The minimum absolute atomic E-state index is 0.191. The molecule has 1 fully saturated rings. The fourth-order valence-corrected chi connectivity index (χ4v) is 6.53. The van der Waals surface area contributed by atoms with E-state index in [4.69, 9.17) is 14.5 Å². The molecule has 9 nitrogen and oxygen atoms in total. The number of amides is 1. The molecule has 1 amide bonds. The first-order valence-electron chi connectivity index (χ1n) is 11.1. The van der Waals surface area contributed by atoms with Crippen LogP contribution in [-0.2, 0) is 10.0 Å². The Balaban J connectivity index is 1.44. The van der Waals surface area contributed by atoms with Gasteiger partial charge in [0.25, 0.3) is 5.91 Å². The van der Waals surface area contributed by atoms with Gasteiger partial charge in [0.05, 0.1) is 15.1 Å². The van der Waals surface area contributed by atoms with E-state index in [0.29, 0.717) is 48.4 Å². The smallest absolute Gasteiger partial charge is 0.260 e. The molecule has 1 aromatic heterocycles. The van der Waals surface area contributed by atoms with Crippen molar-refractivity contribution >= 4 is 42.6 Å². The molecule has 0 bridgehead atoms. The number of benzene rings is 2. The second kappa shape index (κ2) is 9.14. The molecular weight excluding hydrogens is 476 g/mol. The van der Waals surface area contributed by atoms with Gasteiger partial charge in [-0.2, -0.15) is 4.31 Å². The number of anilines is 1. The Kier molecular flexibility index (Phi) is 6.19. The molecule has 11 heteroatoms. The molecular formula is C23H26N4O5S2. The standard InChI is InChI=1S/C23H26N4O5S2/c1-25(2)11-12-27(23-24-18-13-19-20(32-15-31-19)14-21(18)33-23)22(28)16-5-7-17(8-6-16)34(29,30)26-9-3-4-10-26/h5-8,13-14H,3-4,9-12,15H2,1-2H3.